The molecule has 2 aliphatic rings. The van der Waals surface area contributed by atoms with E-state index in [1.54, 1.807) is 0 Å². The van der Waals surface area contributed by atoms with Gasteiger partial charge in [0, 0.05) is 25.3 Å². The molecule has 4 atom stereocenters. The largest absolute Gasteiger partial charge is 0.481 e. The summed E-state index contributed by atoms with van der Waals surface area (Å²) in [6, 6.07) is 0. The molecule has 7 nitrogen and oxygen atoms in total. The van der Waals surface area contributed by atoms with Gasteiger partial charge < -0.3 is 20.5 Å². The number of carbonyl (C=O) groups excluding carboxylic acids is 2. The van der Waals surface area contributed by atoms with Crippen LogP contribution in [0.1, 0.15) is 77.6 Å². The Kier molecular flexibility index (Phi) is 10.9. The van der Waals surface area contributed by atoms with Gasteiger partial charge in [0.15, 0.2) is 0 Å². The third-order valence-electron chi connectivity index (χ3n) is 6.17. The number of unbranched alkanes of at least 4 members (excludes halogenated alkanes) is 4. The summed E-state index contributed by atoms with van der Waals surface area (Å²) in [6.45, 7) is 2.74. The first-order chi connectivity index (χ1) is 14.5. The van der Waals surface area contributed by atoms with Crippen molar-refractivity contribution in [2.24, 2.45) is 11.8 Å². The summed E-state index contributed by atoms with van der Waals surface area (Å²) in [5.41, 5.74) is 0. The number of carboxylic acid groups (broad SMARTS) is 1. The minimum atomic E-state index is -0.756. The molecule has 2 fully saturated rings. The fraction of sp³-hybridized carbons (Fsp3) is 0.783. The van der Waals surface area contributed by atoms with Crippen molar-refractivity contribution in [3.05, 3.63) is 12.2 Å². The minimum Gasteiger partial charge on any atom is -0.481 e. The minimum absolute atomic E-state index is 0.0302. The highest BCUT2D eigenvalue weighted by molar-refractivity contribution is 5.84. The van der Waals surface area contributed by atoms with Gasteiger partial charge in [-0.15, -0.1) is 0 Å². The number of rotatable bonds is 15. The Morgan fingerprint density at radius 2 is 1.70 bits per heavy atom. The number of aliphatic carboxylic acids is 1. The van der Waals surface area contributed by atoms with Gasteiger partial charge in [0.25, 0.3) is 0 Å². The average molecular weight is 423 g/mol. The highest BCUT2D eigenvalue weighted by Crippen LogP contribution is 2.44. The first-order valence-corrected chi connectivity index (χ1v) is 11.6. The topological polar surface area (TPSA) is 105 Å². The molecule has 3 N–H and O–H groups in total. The fourth-order valence-corrected chi connectivity index (χ4v) is 4.50. The van der Waals surface area contributed by atoms with Crippen LogP contribution in [-0.4, -0.2) is 48.2 Å². The van der Waals surface area contributed by atoms with E-state index in [1.807, 2.05) is 0 Å². The number of ether oxygens (including phenoxy) is 1. The molecule has 2 aliphatic heterocycles. The van der Waals surface area contributed by atoms with E-state index in [9.17, 15) is 14.4 Å². The first-order valence-electron chi connectivity index (χ1n) is 11.6. The van der Waals surface area contributed by atoms with Gasteiger partial charge in [-0.05, 0) is 44.4 Å². The summed E-state index contributed by atoms with van der Waals surface area (Å²) in [4.78, 5) is 34.5. The molecule has 30 heavy (non-hydrogen) atoms. The Labute approximate surface area is 180 Å². The zero-order chi connectivity index (χ0) is 21.8. The molecular formula is C23H38N2O5. The van der Waals surface area contributed by atoms with Crippen LogP contribution < -0.4 is 10.6 Å². The van der Waals surface area contributed by atoms with Crippen molar-refractivity contribution in [2.45, 2.75) is 89.8 Å². The monoisotopic (exact) mass is 422 g/mol. The summed E-state index contributed by atoms with van der Waals surface area (Å²) >= 11 is 0. The van der Waals surface area contributed by atoms with Gasteiger partial charge in [0.05, 0.1) is 18.8 Å². The van der Waals surface area contributed by atoms with Crippen LogP contribution in [-0.2, 0) is 19.1 Å². The molecule has 0 aromatic carbocycles. The summed E-state index contributed by atoms with van der Waals surface area (Å²) in [5.74, 6) is -0.291. The number of fused-ring (bicyclic) bond motifs is 2. The molecule has 0 aromatic rings. The lowest BCUT2D eigenvalue weighted by atomic mass is 9.77. The normalized spacial score (nSPS) is 25.0. The van der Waals surface area contributed by atoms with Crippen LogP contribution >= 0.6 is 0 Å². The van der Waals surface area contributed by atoms with Crippen LogP contribution in [0.5, 0.6) is 0 Å². The van der Waals surface area contributed by atoms with Crippen LogP contribution in [0.15, 0.2) is 12.2 Å². The Bertz CT molecular complexity index is 592. The maximum Gasteiger partial charge on any atom is 0.303 e. The smallest absolute Gasteiger partial charge is 0.303 e. The highest BCUT2D eigenvalue weighted by atomic mass is 16.5. The van der Waals surface area contributed by atoms with Crippen molar-refractivity contribution in [1.82, 2.24) is 10.6 Å². The second-order valence-corrected chi connectivity index (χ2v) is 8.50. The molecule has 7 heteroatoms. The van der Waals surface area contributed by atoms with Crippen LogP contribution in [0.25, 0.3) is 0 Å². The Morgan fingerprint density at radius 3 is 2.43 bits per heavy atom. The van der Waals surface area contributed by atoms with E-state index >= 15 is 0 Å². The van der Waals surface area contributed by atoms with E-state index < -0.39 is 5.97 Å². The van der Waals surface area contributed by atoms with Crippen molar-refractivity contribution in [3.8, 4) is 0 Å². The second kappa shape index (κ2) is 13.4. The van der Waals surface area contributed by atoms with Gasteiger partial charge in [0.1, 0.15) is 0 Å². The lowest BCUT2D eigenvalue weighted by molar-refractivity contribution is -0.137. The summed E-state index contributed by atoms with van der Waals surface area (Å²) in [6.07, 6.45) is 13.9. The van der Waals surface area contributed by atoms with E-state index in [-0.39, 0.29) is 37.0 Å². The van der Waals surface area contributed by atoms with Crippen molar-refractivity contribution >= 4 is 17.8 Å². The molecule has 2 saturated heterocycles. The van der Waals surface area contributed by atoms with Gasteiger partial charge in [-0.3, -0.25) is 14.4 Å². The Hall–Kier alpha value is -1.89. The third-order valence-corrected chi connectivity index (χ3v) is 6.17. The molecule has 2 bridgehead atoms. The predicted molar refractivity (Wildman–Crippen MR) is 115 cm³/mol. The van der Waals surface area contributed by atoms with E-state index in [1.165, 1.54) is 0 Å². The lowest BCUT2D eigenvalue weighted by Gasteiger charge is -2.27. The summed E-state index contributed by atoms with van der Waals surface area (Å²) in [7, 11) is 0. The SMILES string of the molecule is CCCCCCC(=O)NCC(=O)NC[C@H]1[C@@H](CC=CCCCC(=O)O)[C@H]2CC[C@@H]1O2. The molecule has 0 saturated carbocycles. The maximum absolute atomic E-state index is 12.2. The van der Waals surface area contributed by atoms with Crippen molar-refractivity contribution in [1.29, 1.82) is 0 Å². The van der Waals surface area contributed by atoms with Gasteiger partial charge in [0.2, 0.25) is 11.8 Å². The molecule has 2 heterocycles. The van der Waals surface area contributed by atoms with Crippen molar-refractivity contribution in [3.63, 3.8) is 0 Å². The zero-order valence-corrected chi connectivity index (χ0v) is 18.2. The first kappa shape index (κ1) is 24.4. The zero-order valence-electron chi connectivity index (χ0n) is 18.2. The molecule has 2 amide bonds. The molecule has 0 spiro atoms. The number of amides is 2. The number of hydrogen-bond acceptors (Lipinski definition) is 4. The number of allylic oxidation sites excluding steroid dienone is 2. The Morgan fingerprint density at radius 1 is 0.933 bits per heavy atom. The van der Waals surface area contributed by atoms with Gasteiger partial charge in [-0.1, -0.05) is 38.3 Å². The van der Waals surface area contributed by atoms with Crippen molar-refractivity contribution in [2.75, 3.05) is 13.1 Å². The van der Waals surface area contributed by atoms with E-state index in [0.29, 0.717) is 31.2 Å². The van der Waals surface area contributed by atoms with Crippen LogP contribution in [0.2, 0.25) is 0 Å². The summed E-state index contributed by atoms with van der Waals surface area (Å²) in [5, 5.41) is 14.4. The van der Waals surface area contributed by atoms with Gasteiger partial charge >= 0.3 is 5.97 Å². The lowest BCUT2D eigenvalue weighted by Crippen LogP contribution is -2.42. The number of carbonyl (C=O) groups is 3. The van der Waals surface area contributed by atoms with Gasteiger partial charge in [-0.25, -0.2) is 0 Å². The quantitative estimate of drug-likeness (QED) is 0.278. The van der Waals surface area contributed by atoms with E-state index in [0.717, 1.165) is 51.4 Å². The molecule has 2 rings (SSSR count). The standard InChI is InChI=1S/C23H38N2O5/c1-2-3-4-8-11-21(26)25-16-22(27)24-15-18-17(19-13-14-20(18)30-19)10-7-5-6-9-12-23(28)29/h5,7,17-20H,2-4,6,8-16H2,1H3,(H,24,27)(H,25,26)(H,28,29)/t17-,18+,19-,20+/m1/s1. The van der Waals surface area contributed by atoms with E-state index in [4.69, 9.17) is 9.84 Å². The average Bonchev–Trinajstić information content (AvgIpc) is 3.32. The molecule has 170 valence electrons. The van der Waals surface area contributed by atoms with Crippen LogP contribution in [0.3, 0.4) is 0 Å². The predicted octanol–water partition coefficient (Wildman–Crippen LogP) is 3.18. The molecular weight excluding hydrogens is 384 g/mol. The van der Waals surface area contributed by atoms with E-state index in [2.05, 4.69) is 29.7 Å². The Balaban J connectivity index is 1.66. The molecule has 0 aliphatic carbocycles. The number of hydrogen-bond donors (Lipinski definition) is 3. The molecule has 0 aromatic heterocycles. The molecule has 0 radical (unpaired) electrons. The van der Waals surface area contributed by atoms with Crippen LogP contribution in [0.4, 0.5) is 0 Å². The second-order valence-electron chi connectivity index (χ2n) is 8.50. The van der Waals surface area contributed by atoms with Crippen LogP contribution in [0, 0.1) is 11.8 Å². The molecule has 0 unspecified atom stereocenters. The highest BCUT2D eigenvalue weighted by Gasteiger charge is 2.47. The number of carboxylic acids is 1. The summed E-state index contributed by atoms with van der Waals surface area (Å²) < 4.78 is 6.07. The van der Waals surface area contributed by atoms with Crippen molar-refractivity contribution < 1.29 is 24.2 Å². The number of nitrogens with one attached hydrogen (secondary N) is 2. The third kappa shape index (κ3) is 8.46. The fourth-order valence-electron chi connectivity index (χ4n) is 4.50. The van der Waals surface area contributed by atoms with Gasteiger partial charge in [-0.2, -0.15) is 0 Å². The maximum atomic E-state index is 12.2.